The summed E-state index contributed by atoms with van der Waals surface area (Å²) in [4.78, 5) is 20.8. The Labute approximate surface area is 297 Å². The van der Waals surface area contributed by atoms with E-state index in [1.807, 2.05) is 89.3 Å². The van der Waals surface area contributed by atoms with Gasteiger partial charge in [0.1, 0.15) is 11.7 Å². The number of nitrogens with one attached hydrogen (secondary N) is 3. The van der Waals surface area contributed by atoms with Crippen LogP contribution < -0.4 is 15.8 Å². The van der Waals surface area contributed by atoms with Crippen LogP contribution in [0.25, 0.3) is 21.8 Å². The summed E-state index contributed by atoms with van der Waals surface area (Å²) in [5.74, 6) is 0.896. The normalized spacial score (nSPS) is 14.9. The number of imidazole rings is 1. The van der Waals surface area contributed by atoms with E-state index < -0.39 is 10.0 Å². The number of aryl methyl sites for hydroxylation is 3. The fourth-order valence-corrected chi connectivity index (χ4v) is 8.08. The summed E-state index contributed by atoms with van der Waals surface area (Å²) in [6, 6.07) is 34.1. The number of nitrogens with zero attached hydrogens (tertiary/aromatic N) is 3. The van der Waals surface area contributed by atoms with Gasteiger partial charge in [-0.3, -0.25) is 14.9 Å². The molecule has 0 aliphatic carbocycles. The van der Waals surface area contributed by atoms with E-state index in [9.17, 15) is 13.2 Å². The molecule has 1 aliphatic heterocycles. The Morgan fingerprint density at radius 1 is 0.941 bits per heavy atom. The molecule has 0 saturated carbocycles. The maximum Gasteiger partial charge on any atom is 0.261 e. The molecule has 1 aliphatic rings. The van der Waals surface area contributed by atoms with Crippen molar-refractivity contribution in [3.8, 4) is 0 Å². The third kappa shape index (κ3) is 7.50. The summed E-state index contributed by atoms with van der Waals surface area (Å²) in [6.45, 7) is 2.02. The SMILES string of the molecule is Cn1c(CCc2ccc(C(=N)N)cc2)nc2cc(NS(=O)(=O)c3cc(CC(=O)N4CCNCC4Cc4ccccc4)c4ccccc4c3)ccc21. The second-order valence-electron chi connectivity index (χ2n) is 13.1. The first kappa shape index (κ1) is 34.0. The fraction of sp³-hybridized carbons (Fsp3) is 0.225. The van der Waals surface area contributed by atoms with Crippen molar-refractivity contribution in [2.75, 3.05) is 24.4 Å². The molecular formula is C40H41N7O3S. The van der Waals surface area contributed by atoms with Gasteiger partial charge in [-0.15, -0.1) is 0 Å². The fourth-order valence-electron chi connectivity index (χ4n) is 6.94. The smallest absolute Gasteiger partial charge is 0.261 e. The standard InChI is InChI=1S/C40H41N7O3S/c1-46-37-17-16-32(25-36(37)44-38(46)18-13-27-11-14-29(15-12-27)40(41)42)45-51(49,50)34-22-30-9-5-6-10-35(30)31(23-34)24-39(48)47-20-19-43-26-33(47)21-28-7-3-2-4-8-28/h2-12,14-17,22-23,25,33,43,45H,13,18-21,24,26H2,1H3,(H3,41,42). The van der Waals surface area contributed by atoms with Crippen molar-refractivity contribution in [1.29, 1.82) is 5.41 Å². The van der Waals surface area contributed by atoms with Gasteiger partial charge in [-0.05, 0) is 70.6 Å². The maximum absolute atomic E-state index is 13.9. The number of piperazine rings is 1. The van der Waals surface area contributed by atoms with Crippen molar-refractivity contribution in [2.24, 2.45) is 12.8 Å². The number of carbonyl (C=O) groups is 1. The summed E-state index contributed by atoms with van der Waals surface area (Å²) in [5, 5.41) is 12.6. The topological polar surface area (TPSA) is 146 Å². The van der Waals surface area contributed by atoms with Crippen molar-refractivity contribution in [3.05, 3.63) is 137 Å². The second-order valence-corrected chi connectivity index (χ2v) is 14.8. The number of amidine groups is 1. The minimum absolute atomic E-state index is 0.00909. The molecule has 5 aromatic carbocycles. The molecule has 2 heterocycles. The van der Waals surface area contributed by atoms with Crippen LogP contribution in [0.1, 0.15) is 28.1 Å². The molecule has 0 radical (unpaired) electrons. The minimum Gasteiger partial charge on any atom is -0.384 e. The molecule has 1 atom stereocenters. The number of nitrogens with two attached hydrogens (primary N) is 1. The molecule has 260 valence electrons. The number of amides is 1. The Morgan fingerprint density at radius 3 is 2.49 bits per heavy atom. The Bertz CT molecular complexity index is 2340. The van der Waals surface area contributed by atoms with E-state index in [-0.39, 0.29) is 29.1 Å². The highest BCUT2D eigenvalue weighted by Crippen LogP contribution is 2.28. The number of benzene rings is 5. The molecule has 1 unspecified atom stereocenters. The number of fused-ring (bicyclic) bond motifs is 2. The van der Waals surface area contributed by atoms with Gasteiger partial charge in [0.15, 0.2) is 0 Å². The zero-order valence-corrected chi connectivity index (χ0v) is 29.3. The molecule has 1 aromatic heterocycles. The third-order valence-electron chi connectivity index (χ3n) is 9.69. The van der Waals surface area contributed by atoms with Crippen molar-refractivity contribution >= 4 is 49.3 Å². The molecule has 11 heteroatoms. The molecule has 10 nitrogen and oxygen atoms in total. The van der Waals surface area contributed by atoms with Crippen LogP contribution in [0.4, 0.5) is 5.69 Å². The largest absolute Gasteiger partial charge is 0.384 e. The molecule has 51 heavy (non-hydrogen) atoms. The van der Waals surface area contributed by atoms with Gasteiger partial charge in [-0.1, -0.05) is 78.9 Å². The van der Waals surface area contributed by atoms with Gasteiger partial charge < -0.3 is 20.5 Å². The predicted molar refractivity (Wildman–Crippen MR) is 203 cm³/mol. The van der Waals surface area contributed by atoms with Crippen LogP contribution in [0.2, 0.25) is 0 Å². The highest BCUT2D eigenvalue weighted by Gasteiger charge is 2.28. The van der Waals surface area contributed by atoms with Gasteiger partial charge in [0.25, 0.3) is 10.0 Å². The summed E-state index contributed by atoms with van der Waals surface area (Å²) >= 11 is 0. The lowest BCUT2D eigenvalue weighted by atomic mass is 9.99. The average molecular weight is 700 g/mol. The van der Waals surface area contributed by atoms with Gasteiger partial charge in [0, 0.05) is 44.7 Å². The minimum atomic E-state index is -4.01. The Hall–Kier alpha value is -5.52. The number of nitrogen functional groups attached to an aromatic ring is 1. The zero-order chi connectivity index (χ0) is 35.5. The summed E-state index contributed by atoms with van der Waals surface area (Å²) in [6.07, 6.45) is 2.28. The van der Waals surface area contributed by atoms with Crippen LogP contribution in [0.3, 0.4) is 0 Å². The number of aromatic nitrogens is 2. The Balaban J connectivity index is 1.10. The lowest BCUT2D eigenvalue weighted by Crippen LogP contribution is -2.54. The van der Waals surface area contributed by atoms with E-state index in [0.29, 0.717) is 48.4 Å². The first-order valence-corrected chi connectivity index (χ1v) is 18.6. The van der Waals surface area contributed by atoms with Gasteiger partial charge in [-0.25, -0.2) is 13.4 Å². The lowest BCUT2D eigenvalue weighted by Gasteiger charge is -2.36. The molecule has 1 saturated heterocycles. The Kier molecular flexibility index (Phi) is 9.57. The van der Waals surface area contributed by atoms with E-state index in [4.69, 9.17) is 16.1 Å². The van der Waals surface area contributed by atoms with Crippen LogP contribution in [0, 0.1) is 5.41 Å². The number of sulfonamides is 1. The van der Waals surface area contributed by atoms with Crippen molar-refractivity contribution in [3.63, 3.8) is 0 Å². The van der Waals surface area contributed by atoms with Crippen molar-refractivity contribution in [2.45, 2.75) is 36.6 Å². The van der Waals surface area contributed by atoms with E-state index in [0.717, 1.165) is 40.5 Å². The predicted octanol–water partition coefficient (Wildman–Crippen LogP) is 5.18. The number of hydrogen-bond acceptors (Lipinski definition) is 6. The zero-order valence-electron chi connectivity index (χ0n) is 28.5. The molecule has 6 aromatic rings. The summed E-state index contributed by atoms with van der Waals surface area (Å²) in [5.41, 5.74) is 11.2. The highest BCUT2D eigenvalue weighted by molar-refractivity contribution is 7.92. The van der Waals surface area contributed by atoms with E-state index in [1.165, 1.54) is 5.56 Å². The van der Waals surface area contributed by atoms with Crippen LogP contribution >= 0.6 is 0 Å². The average Bonchev–Trinajstić information content (AvgIpc) is 3.45. The molecule has 7 rings (SSSR count). The number of carbonyl (C=O) groups excluding carboxylic acids is 1. The lowest BCUT2D eigenvalue weighted by molar-refractivity contribution is -0.133. The van der Waals surface area contributed by atoms with Gasteiger partial charge in [0.05, 0.1) is 28.0 Å². The van der Waals surface area contributed by atoms with Crippen LogP contribution in [0.15, 0.2) is 114 Å². The molecule has 1 fully saturated rings. The number of rotatable bonds is 11. The third-order valence-corrected chi connectivity index (χ3v) is 11.0. The monoisotopic (exact) mass is 699 g/mol. The number of anilines is 1. The van der Waals surface area contributed by atoms with Crippen molar-refractivity contribution < 1.29 is 13.2 Å². The molecular weight excluding hydrogens is 659 g/mol. The first-order valence-electron chi connectivity index (χ1n) is 17.1. The van der Waals surface area contributed by atoms with Crippen LogP contribution in [-0.4, -0.2) is 60.3 Å². The van der Waals surface area contributed by atoms with Crippen LogP contribution in [-0.2, 0) is 47.5 Å². The Morgan fingerprint density at radius 2 is 1.71 bits per heavy atom. The second kappa shape index (κ2) is 14.4. The van der Waals surface area contributed by atoms with E-state index >= 15 is 0 Å². The maximum atomic E-state index is 13.9. The molecule has 0 bridgehead atoms. The summed E-state index contributed by atoms with van der Waals surface area (Å²) in [7, 11) is -2.06. The number of hydrogen-bond donors (Lipinski definition) is 4. The van der Waals surface area contributed by atoms with Gasteiger partial charge in [0.2, 0.25) is 5.91 Å². The van der Waals surface area contributed by atoms with Gasteiger partial charge in [-0.2, -0.15) is 0 Å². The first-order chi connectivity index (χ1) is 24.6. The summed E-state index contributed by atoms with van der Waals surface area (Å²) < 4.78 is 32.6. The quantitative estimate of drug-likeness (QED) is 0.108. The van der Waals surface area contributed by atoms with Crippen molar-refractivity contribution in [1.82, 2.24) is 19.8 Å². The molecule has 5 N–H and O–H groups in total. The molecule has 0 spiro atoms. The van der Waals surface area contributed by atoms with E-state index in [2.05, 4.69) is 22.2 Å². The van der Waals surface area contributed by atoms with Gasteiger partial charge >= 0.3 is 0 Å². The molecule has 1 amide bonds. The highest BCUT2D eigenvalue weighted by atomic mass is 32.2. The van der Waals surface area contributed by atoms with E-state index in [1.54, 1.807) is 24.3 Å². The van der Waals surface area contributed by atoms with Crippen LogP contribution in [0.5, 0.6) is 0 Å².